The molecule has 0 aliphatic carbocycles. The third kappa shape index (κ3) is 5.24. The fraction of sp³-hybridized carbons (Fsp3) is 0.357. The molecule has 2 saturated heterocycles. The van der Waals surface area contributed by atoms with Crippen LogP contribution in [0.2, 0.25) is 0 Å². The van der Waals surface area contributed by atoms with Gasteiger partial charge in [-0.15, -0.1) is 0 Å². The van der Waals surface area contributed by atoms with Crippen LogP contribution in [-0.4, -0.2) is 54.9 Å². The van der Waals surface area contributed by atoms with E-state index in [0.29, 0.717) is 44.0 Å². The number of amides is 1. The number of carbonyl (C=O) groups is 1. The Morgan fingerprint density at radius 3 is 2.57 bits per heavy atom. The largest absolute Gasteiger partial charge is 0.355 e. The first-order chi connectivity index (χ1) is 17.8. The van der Waals surface area contributed by atoms with Gasteiger partial charge < -0.3 is 9.42 Å². The molecule has 2 aliphatic rings. The predicted octanol–water partition coefficient (Wildman–Crippen LogP) is 4.71. The zero-order valence-electron chi connectivity index (χ0n) is 20.7. The van der Waals surface area contributed by atoms with E-state index in [1.54, 1.807) is 25.1 Å². The van der Waals surface area contributed by atoms with Gasteiger partial charge in [0.15, 0.2) is 10.7 Å². The van der Waals surface area contributed by atoms with Crippen LogP contribution in [0.4, 0.5) is 4.39 Å². The zero-order valence-corrected chi connectivity index (χ0v) is 21.5. The Balaban J connectivity index is 1.31. The second-order valence-electron chi connectivity index (χ2n) is 9.70. The van der Waals surface area contributed by atoms with E-state index in [-0.39, 0.29) is 28.8 Å². The van der Waals surface area contributed by atoms with Crippen LogP contribution in [0, 0.1) is 18.7 Å². The van der Waals surface area contributed by atoms with Crippen molar-refractivity contribution in [1.82, 2.24) is 14.4 Å². The molecule has 9 heteroatoms. The van der Waals surface area contributed by atoms with Gasteiger partial charge in [-0.2, -0.15) is 4.31 Å². The summed E-state index contributed by atoms with van der Waals surface area (Å²) in [7, 11) is -3.98. The lowest BCUT2D eigenvalue weighted by atomic mass is 9.97. The SMILES string of the molecule is Cc1noc(/C=C/c2ccccc2F)c1S(=O)(=O)N1CCCC(C(=O)N2CCC(c3ccccc3)C2)C1. The molecule has 3 heterocycles. The van der Waals surface area contributed by atoms with E-state index < -0.39 is 21.8 Å². The van der Waals surface area contributed by atoms with E-state index in [2.05, 4.69) is 17.3 Å². The van der Waals surface area contributed by atoms with Gasteiger partial charge in [-0.05, 0) is 50.0 Å². The molecule has 2 aromatic carbocycles. The molecule has 2 aliphatic heterocycles. The molecule has 3 aromatic rings. The van der Waals surface area contributed by atoms with E-state index >= 15 is 0 Å². The number of rotatable bonds is 6. The average Bonchev–Trinajstić information content (AvgIpc) is 3.56. The molecule has 37 heavy (non-hydrogen) atoms. The van der Waals surface area contributed by atoms with E-state index in [1.807, 2.05) is 23.1 Å². The van der Waals surface area contributed by atoms with Crippen molar-refractivity contribution in [2.75, 3.05) is 26.2 Å². The molecule has 2 fully saturated rings. The predicted molar refractivity (Wildman–Crippen MR) is 138 cm³/mol. The summed E-state index contributed by atoms with van der Waals surface area (Å²) >= 11 is 0. The van der Waals surface area contributed by atoms with E-state index in [4.69, 9.17) is 4.52 Å². The molecule has 5 rings (SSSR count). The first kappa shape index (κ1) is 25.4. The minimum atomic E-state index is -3.98. The van der Waals surface area contributed by atoms with Crippen molar-refractivity contribution >= 4 is 28.1 Å². The monoisotopic (exact) mass is 523 g/mol. The van der Waals surface area contributed by atoms with Crippen LogP contribution in [0.1, 0.15) is 47.8 Å². The van der Waals surface area contributed by atoms with Gasteiger partial charge in [0, 0.05) is 37.7 Å². The molecule has 0 saturated carbocycles. The number of aryl methyl sites for hydroxylation is 1. The molecule has 0 bridgehead atoms. The third-order valence-electron chi connectivity index (χ3n) is 7.25. The quantitative estimate of drug-likeness (QED) is 0.467. The number of aromatic nitrogens is 1. The Hall–Kier alpha value is -3.30. The number of halogens is 1. The number of sulfonamides is 1. The van der Waals surface area contributed by atoms with E-state index in [1.165, 1.54) is 28.1 Å². The van der Waals surface area contributed by atoms with Gasteiger partial charge in [0.2, 0.25) is 15.9 Å². The van der Waals surface area contributed by atoms with Crippen molar-refractivity contribution in [3.63, 3.8) is 0 Å². The standard InChI is InChI=1S/C28H30FN3O4S/c1-20-27(26(36-30-20)14-13-22-10-5-6-12-25(22)29)37(34,35)32-16-7-11-24(19-32)28(33)31-17-15-23(18-31)21-8-3-2-4-9-21/h2-6,8-10,12-14,23-24H,7,11,15-19H2,1H3/b14-13+. The van der Waals surface area contributed by atoms with Gasteiger partial charge in [0.1, 0.15) is 11.5 Å². The molecule has 2 unspecified atom stereocenters. The number of likely N-dealkylation sites (tertiary alicyclic amines) is 1. The molecule has 194 valence electrons. The third-order valence-corrected chi connectivity index (χ3v) is 9.28. The van der Waals surface area contributed by atoms with Gasteiger partial charge in [-0.1, -0.05) is 53.7 Å². The average molecular weight is 524 g/mol. The highest BCUT2D eigenvalue weighted by Gasteiger charge is 2.39. The Morgan fingerprint density at radius 2 is 1.78 bits per heavy atom. The molecule has 1 aromatic heterocycles. The summed E-state index contributed by atoms with van der Waals surface area (Å²) < 4.78 is 48.1. The van der Waals surface area contributed by atoms with Crippen LogP contribution < -0.4 is 0 Å². The number of carbonyl (C=O) groups excluding carboxylic acids is 1. The maximum atomic E-state index is 14.0. The second kappa shape index (κ2) is 10.6. The van der Waals surface area contributed by atoms with Crippen molar-refractivity contribution in [2.24, 2.45) is 5.92 Å². The van der Waals surface area contributed by atoms with Gasteiger partial charge in [-0.3, -0.25) is 4.79 Å². The molecular weight excluding hydrogens is 493 g/mol. The first-order valence-corrected chi connectivity index (χ1v) is 14.0. The van der Waals surface area contributed by atoms with Crippen LogP contribution in [-0.2, 0) is 14.8 Å². The summed E-state index contributed by atoms with van der Waals surface area (Å²) in [5.41, 5.74) is 1.76. The van der Waals surface area contributed by atoms with Gasteiger partial charge in [0.05, 0.1) is 5.92 Å². The van der Waals surface area contributed by atoms with Gasteiger partial charge >= 0.3 is 0 Å². The summed E-state index contributed by atoms with van der Waals surface area (Å²) in [6, 6.07) is 16.4. The number of benzene rings is 2. The lowest BCUT2D eigenvalue weighted by Crippen LogP contribution is -2.46. The minimum absolute atomic E-state index is 0.0139. The smallest absolute Gasteiger partial charge is 0.248 e. The zero-order chi connectivity index (χ0) is 26.0. The molecule has 1 amide bonds. The molecule has 0 N–H and O–H groups in total. The number of nitrogens with zero attached hydrogens (tertiary/aromatic N) is 3. The van der Waals surface area contributed by atoms with E-state index in [0.717, 1.165) is 6.42 Å². The highest BCUT2D eigenvalue weighted by Crippen LogP contribution is 2.32. The highest BCUT2D eigenvalue weighted by atomic mass is 32.2. The maximum absolute atomic E-state index is 14.0. The minimum Gasteiger partial charge on any atom is -0.355 e. The van der Waals surface area contributed by atoms with Crippen molar-refractivity contribution < 1.29 is 22.1 Å². The normalized spacial score (nSPS) is 21.1. The van der Waals surface area contributed by atoms with Crippen LogP contribution in [0.5, 0.6) is 0 Å². The Labute approximate surface area is 216 Å². The highest BCUT2D eigenvalue weighted by molar-refractivity contribution is 7.89. The van der Waals surface area contributed by atoms with Crippen LogP contribution >= 0.6 is 0 Å². The topological polar surface area (TPSA) is 83.7 Å². The fourth-order valence-corrected chi connectivity index (χ4v) is 7.06. The number of piperidine rings is 1. The summed E-state index contributed by atoms with van der Waals surface area (Å²) in [5, 5.41) is 3.87. The Morgan fingerprint density at radius 1 is 1.03 bits per heavy atom. The Kier molecular flexibility index (Phi) is 7.26. The Bertz CT molecular complexity index is 1400. The summed E-state index contributed by atoms with van der Waals surface area (Å²) in [4.78, 5) is 15.2. The molecule has 7 nitrogen and oxygen atoms in total. The second-order valence-corrected chi connectivity index (χ2v) is 11.6. The molecule has 2 atom stereocenters. The molecule has 0 radical (unpaired) electrons. The van der Waals surface area contributed by atoms with Crippen LogP contribution in [0.3, 0.4) is 0 Å². The van der Waals surface area contributed by atoms with Crippen LogP contribution in [0.15, 0.2) is 64.0 Å². The van der Waals surface area contributed by atoms with Gasteiger partial charge in [-0.25, -0.2) is 12.8 Å². The van der Waals surface area contributed by atoms with Gasteiger partial charge in [0.25, 0.3) is 0 Å². The number of hydrogen-bond donors (Lipinski definition) is 0. The molecule has 0 spiro atoms. The van der Waals surface area contributed by atoms with Crippen molar-refractivity contribution in [3.8, 4) is 0 Å². The maximum Gasteiger partial charge on any atom is 0.248 e. The van der Waals surface area contributed by atoms with E-state index in [9.17, 15) is 17.6 Å². The summed E-state index contributed by atoms with van der Waals surface area (Å²) in [5.74, 6) is -0.458. The van der Waals surface area contributed by atoms with Crippen molar-refractivity contribution in [3.05, 3.63) is 83.0 Å². The van der Waals surface area contributed by atoms with Crippen molar-refractivity contribution in [2.45, 2.75) is 37.0 Å². The lowest BCUT2D eigenvalue weighted by Gasteiger charge is -2.33. The number of hydrogen-bond acceptors (Lipinski definition) is 5. The van der Waals surface area contributed by atoms with Crippen molar-refractivity contribution in [1.29, 1.82) is 0 Å². The van der Waals surface area contributed by atoms with Crippen LogP contribution in [0.25, 0.3) is 12.2 Å². The first-order valence-electron chi connectivity index (χ1n) is 12.6. The summed E-state index contributed by atoms with van der Waals surface area (Å²) in [6.07, 6.45) is 5.04. The summed E-state index contributed by atoms with van der Waals surface area (Å²) in [6.45, 7) is 3.34. The molecular formula is C28H30FN3O4S. The fourth-order valence-electron chi connectivity index (χ4n) is 5.28. The lowest BCUT2D eigenvalue weighted by molar-refractivity contribution is -0.135.